The van der Waals surface area contributed by atoms with E-state index in [9.17, 15) is 9.59 Å². The molecular formula is C24H26N2O3. The molecule has 0 unspecified atom stereocenters. The third-order valence-corrected chi connectivity index (χ3v) is 5.76. The lowest BCUT2D eigenvalue weighted by atomic mass is 9.95. The number of fused-ring (bicyclic) bond motifs is 2. The van der Waals surface area contributed by atoms with Gasteiger partial charge in [-0.3, -0.25) is 9.69 Å². The van der Waals surface area contributed by atoms with Crippen molar-refractivity contribution >= 4 is 16.9 Å². The Hall–Kier alpha value is -2.92. The number of amides is 1. The topological polar surface area (TPSA) is 62.6 Å². The summed E-state index contributed by atoms with van der Waals surface area (Å²) in [4.78, 5) is 27.4. The lowest BCUT2D eigenvalue weighted by molar-refractivity contribution is 0.0901. The van der Waals surface area contributed by atoms with Gasteiger partial charge in [0.15, 0.2) is 0 Å². The van der Waals surface area contributed by atoms with Crippen molar-refractivity contribution in [3.05, 3.63) is 81.7 Å². The van der Waals surface area contributed by atoms with Crippen molar-refractivity contribution in [3.8, 4) is 0 Å². The zero-order valence-corrected chi connectivity index (χ0v) is 16.9. The standard InChI is InChI=1S/C24H26N2O3/c1-16(2)21(26-12-11-17-7-3-4-9-19(17)15-26)14-25-23(27)20-13-18-8-5-6-10-22(18)29-24(20)28/h3-10,13,16,21H,11-12,14-15H2,1-2H3,(H,25,27)/t21-/m0/s1. The number of para-hydroxylation sites is 1. The van der Waals surface area contributed by atoms with Crippen molar-refractivity contribution in [1.82, 2.24) is 10.2 Å². The van der Waals surface area contributed by atoms with Gasteiger partial charge >= 0.3 is 5.63 Å². The maximum atomic E-state index is 12.7. The predicted molar refractivity (Wildman–Crippen MR) is 114 cm³/mol. The Balaban J connectivity index is 1.48. The number of carbonyl (C=O) groups excluding carboxylic acids is 1. The first-order chi connectivity index (χ1) is 14.0. The van der Waals surface area contributed by atoms with Gasteiger partial charge in [0.05, 0.1) is 0 Å². The van der Waals surface area contributed by atoms with E-state index in [0.29, 0.717) is 18.0 Å². The summed E-state index contributed by atoms with van der Waals surface area (Å²) in [6, 6.07) is 17.5. The van der Waals surface area contributed by atoms with Crippen LogP contribution in [0.4, 0.5) is 0 Å². The lowest BCUT2D eigenvalue weighted by Gasteiger charge is -2.38. The maximum absolute atomic E-state index is 12.7. The average Bonchev–Trinajstić information content (AvgIpc) is 2.73. The van der Waals surface area contributed by atoms with Crippen molar-refractivity contribution in [2.75, 3.05) is 13.1 Å². The molecule has 0 bridgehead atoms. The summed E-state index contributed by atoms with van der Waals surface area (Å²) in [5.41, 5.74) is 2.69. The van der Waals surface area contributed by atoms with Crippen molar-refractivity contribution < 1.29 is 9.21 Å². The highest BCUT2D eigenvalue weighted by molar-refractivity contribution is 5.96. The predicted octanol–water partition coefficient (Wildman–Crippen LogP) is 3.61. The summed E-state index contributed by atoms with van der Waals surface area (Å²) in [5.74, 6) is -0.0128. The normalized spacial score (nSPS) is 15.3. The van der Waals surface area contributed by atoms with Crippen LogP contribution in [-0.4, -0.2) is 29.9 Å². The van der Waals surface area contributed by atoms with Gasteiger partial charge in [0.25, 0.3) is 5.91 Å². The van der Waals surface area contributed by atoms with Crippen LogP contribution < -0.4 is 10.9 Å². The molecule has 4 rings (SSSR count). The number of carbonyl (C=O) groups is 1. The fraction of sp³-hybridized carbons (Fsp3) is 0.333. The highest BCUT2D eigenvalue weighted by atomic mass is 16.4. The molecule has 5 heteroatoms. The van der Waals surface area contributed by atoms with E-state index < -0.39 is 5.63 Å². The van der Waals surface area contributed by atoms with Crippen LogP contribution in [0.2, 0.25) is 0 Å². The molecule has 0 aliphatic carbocycles. The molecule has 0 saturated carbocycles. The second kappa shape index (κ2) is 8.21. The van der Waals surface area contributed by atoms with E-state index in [-0.39, 0.29) is 17.5 Å². The largest absolute Gasteiger partial charge is 0.422 e. The summed E-state index contributed by atoms with van der Waals surface area (Å²) in [7, 11) is 0. The molecule has 1 aromatic heterocycles. The zero-order valence-electron chi connectivity index (χ0n) is 16.9. The van der Waals surface area contributed by atoms with E-state index in [1.165, 1.54) is 11.1 Å². The van der Waals surface area contributed by atoms with Crippen LogP contribution >= 0.6 is 0 Å². The summed E-state index contributed by atoms with van der Waals surface area (Å²) in [6.07, 6.45) is 1.02. The lowest BCUT2D eigenvalue weighted by Crippen LogP contribution is -2.49. The van der Waals surface area contributed by atoms with Crippen molar-refractivity contribution in [3.63, 3.8) is 0 Å². The minimum absolute atomic E-state index is 0.0511. The smallest absolute Gasteiger partial charge is 0.349 e. The van der Waals surface area contributed by atoms with E-state index in [0.717, 1.165) is 24.9 Å². The zero-order chi connectivity index (χ0) is 20.4. The minimum Gasteiger partial charge on any atom is -0.422 e. The van der Waals surface area contributed by atoms with Gasteiger partial charge in [-0.2, -0.15) is 0 Å². The molecule has 0 fully saturated rings. The van der Waals surface area contributed by atoms with Gasteiger partial charge in [0, 0.05) is 31.1 Å². The second-order valence-electron chi connectivity index (χ2n) is 8.00. The van der Waals surface area contributed by atoms with Gasteiger partial charge in [-0.25, -0.2) is 4.79 Å². The second-order valence-corrected chi connectivity index (χ2v) is 8.00. The molecule has 1 aliphatic rings. The Kier molecular flexibility index (Phi) is 5.49. The van der Waals surface area contributed by atoms with Crippen LogP contribution in [0.25, 0.3) is 11.0 Å². The van der Waals surface area contributed by atoms with Crippen LogP contribution in [0.15, 0.2) is 63.8 Å². The molecule has 29 heavy (non-hydrogen) atoms. The molecule has 1 N–H and O–H groups in total. The molecule has 3 aromatic rings. The molecule has 0 radical (unpaired) electrons. The molecular weight excluding hydrogens is 364 g/mol. The van der Waals surface area contributed by atoms with E-state index in [4.69, 9.17) is 4.42 Å². The summed E-state index contributed by atoms with van der Waals surface area (Å²) < 4.78 is 5.30. The Bertz CT molecular complexity index is 1090. The Morgan fingerprint density at radius 3 is 2.62 bits per heavy atom. The first-order valence-electron chi connectivity index (χ1n) is 10.1. The molecule has 2 heterocycles. The van der Waals surface area contributed by atoms with Crippen LogP contribution in [0.5, 0.6) is 0 Å². The molecule has 0 spiro atoms. The van der Waals surface area contributed by atoms with Gasteiger partial charge in [-0.15, -0.1) is 0 Å². The van der Waals surface area contributed by atoms with Gasteiger partial charge in [-0.05, 0) is 35.6 Å². The average molecular weight is 390 g/mol. The van der Waals surface area contributed by atoms with Gasteiger partial charge in [0.1, 0.15) is 11.1 Å². The molecule has 1 atom stereocenters. The summed E-state index contributed by atoms with van der Waals surface area (Å²) >= 11 is 0. The number of benzene rings is 2. The van der Waals surface area contributed by atoms with Crippen molar-refractivity contribution in [2.45, 2.75) is 32.9 Å². The highest BCUT2D eigenvalue weighted by Crippen LogP contribution is 2.23. The van der Waals surface area contributed by atoms with Crippen LogP contribution in [0.1, 0.15) is 35.3 Å². The molecule has 1 amide bonds. The highest BCUT2D eigenvalue weighted by Gasteiger charge is 2.26. The fourth-order valence-corrected chi connectivity index (χ4v) is 4.10. The number of nitrogens with one attached hydrogen (secondary N) is 1. The van der Waals surface area contributed by atoms with Gasteiger partial charge < -0.3 is 9.73 Å². The number of nitrogens with zero attached hydrogens (tertiary/aromatic N) is 1. The van der Waals surface area contributed by atoms with Gasteiger partial charge in [-0.1, -0.05) is 56.3 Å². The number of hydrogen-bond acceptors (Lipinski definition) is 4. The first kappa shape index (κ1) is 19.4. The number of hydrogen-bond donors (Lipinski definition) is 1. The summed E-state index contributed by atoms with van der Waals surface area (Å²) in [6.45, 7) is 6.68. The fourth-order valence-electron chi connectivity index (χ4n) is 4.10. The van der Waals surface area contributed by atoms with Crippen LogP contribution in [0, 0.1) is 5.92 Å². The molecule has 5 nitrogen and oxygen atoms in total. The van der Waals surface area contributed by atoms with Gasteiger partial charge in [0.2, 0.25) is 0 Å². The third kappa shape index (κ3) is 4.10. The Labute approximate surface area is 170 Å². The van der Waals surface area contributed by atoms with Crippen molar-refractivity contribution in [1.29, 1.82) is 0 Å². The Morgan fingerprint density at radius 1 is 1.10 bits per heavy atom. The molecule has 150 valence electrons. The quantitative estimate of drug-likeness (QED) is 0.676. The monoisotopic (exact) mass is 390 g/mol. The molecule has 2 aromatic carbocycles. The number of rotatable bonds is 5. The molecule has 1 aliphatic heterocycles. The Morgan fingerprint density at radius 2 is 1.83 bits per heavy atom. The SMILES string of the molecule is CC(C)[C@H](CNC(=O)c1cc2ccccc2oc1=O)N1CCc2ccccc2C1. The van der Waals surface area contributed by atoms with E-state index in [2.05, 4.69) is 48.3 Å². The first-order valence-corrected chi connectivity index (χ1v) is 10.1. The summed E-state index contributed by atoms with van der Waals surface area (Å²) in [5, 5.41) is 3.71. The van der Waals surface area contributed by atoms with E-state index in [1.807, 2.05) is 12.1 Å². The molecule has 0 saturated heterocycles. The maximum Gasteiger partial charge on any atom is 0.349 e. The minimum atomic E-state index is -0.603. The van der Waals surface area contributed by atoms with Crippen molar-refractivity contribution in [2.24, 2.45) is 5.92 Å². The van der Waals surface area contributed by atoms with E-state index in [1.54, 1.807) is 18.2 Å². The van der Waals surface area contributed by atoms with E-state index >= 15 is 0 Å². The van der Waals surface area contributed by atoms with Crippen LogP contribution in [0.3, 0.4) is 0 Å². The third-order valence-electron chi connectivity index (χ3n) is 5.76. The van der Waals surface area contributed by atoms with Crippen LogP contribution in [-0.2, 0) is 13.0 Å².